The topological polar surface area (TPSA) is 55.4 Å². The molecule has 0 bridgehead atoms. The molecular weight excluding hydrogens is 290 g/mol. The van der Waals surface area contributed by atoms with Crippen LogP contribution in [0.1, 0.15) is 66.4 Å². The highest BCUT2D eigenvalue weighted by molar-refractivity contribution is 5.93. The minimum absolute atomic E-state index is 0.200. The molecule has 1 aliphatic rings. The average molecular weight is 317 g/mol. The van der Waals surface area contributed by atoms with E-state index >= 15 is 0 Å². The van der Waals surface area contributed by atoms with Gasteiger partial charge in [0, 0.05) is 6.04 Å². The summed E-state index contributed by atoms with van der Waals surface area (Å²) in [6.45, 7) is 3.64. The highest BCUT2D eigenvalue weighted by Gasteiger charge is 2.17. The molecule has 1 aromatic rings. The fourth-order valence-corrected chi connectivity index (χ4v) is 3.05. The third-order valence-electron chi connectivity index (χ3n) is 4.63. The van der Waals surface area contributed by atoms with Crippen molar-refractivity contribution in [2.45, 2.75) is 64.8 Å². The number of hydrogen-bond acceptors (Lipinski definition) is 3. The molecule has 0 aliphatic heterocycles. The van der Waals surface area contributed by atoms with E-state index in [1.165, 1.54) is 19.3 Å². The van der Waals surface area contributed by atoms with E-state index in [9.17, 15) is 9.59 Å². The van der Waals surface area contributed by atoms with E-state index < -0.39 is 5.97 Å². The van der Waals surface area contributed by atoms with Gasteiger partial charge in [0.2, 0.25) is 0 Å². The maximum Gasteiger partial charge on any atom is 0.338 e. The summed E-state index contributed by atoms with van der Waals surface area (Å²) in [5.74, 6) is -0.631. The van der Waals surface area contributed by atoms with E-state index in [4.69, 9.17) is 4.74 Å². The zero-order chi connectivity index (χ0) is 16.7. The molecule has 23 heavy (non-hydrogen) atoms. The number of carbonyl (C=O) groups is 2. The number of carbonyl (C=O) groups excluding carboxylic acids is 2. The molecule has 1 aliphatic carbocycles. The van der Waals surface area contributed by atoms with Gasteiger partial charge < -0.3 is 10.1 Å². The van der Waals surface area contributed by atoms with Crippen molar-refractivity contribution in [3.63, 3.8) is 0 Å². The smallest absolute Gasteiger partial charge is 0.338 e. The number of ether oxygens (including phenoxy) is 1. The minimum atomic E-state index is -0.431. The zero-order valence-electron chi connectivity index (χ0n) is 14.2. The van der Waals surface area contributed by atoms with Gasteiger partial charge in [-0.3, -0.25) is 4.79 Å². The third-order valence-corrected chi connectivity index (χ3v) is 4.63. The summed E-state index contributed by atoms with van der Waals surface area (Å²) in [5, 5.41) is 3.00. The van der Waals surface area contributed by atoms with Crippen LogP contribution in [0.25, 0.3) is 0 Å². The first kappa shape index (κ1) is 17.5. The van der Waals surface area contributed by atoms with Crippen LogP contribution in [0.15, 0.2) is 18.2 Å². The Labute approximate surface area is 138 Å². The Bertz CT molecular complexity index is 546. The lowest BCUT2D eigenvalue weighted by Crippen LogP contribution is -2.38. The van der Waals surface area contributed by atoms with Crippen molar-refractivity contribution >= 4 is 11.9 Å². The van der Waals surface area contributed by atoms with Gasteiger partial charge in [-0.05, 0) is 43.9 Å². The van der Waals surface area contributed by atoms with Gasteiger partial charge in [0.15, 0.2) is 6.61 Å². The zero-order valence-corrected chi connectivity index (χ0v) is 14.2. The largest absolute Gasteiger partial charge is 0.452 e. The van der Waals surface area contributed by atoms with Crippen LogP contribution in [-0.4, -0.2) is 24.5 Å². The summed E-state index contributed by atoms with van der Waals surface area (Å²) in [6.07, 6.45) is 8.16. The lowest BCUT2D eigenvalue weighted by Gasteiger charge is -2.21. The van der Waals surface area contributed by atoms with E-state index in [2.05, 4.69) is 5.32 Å². The highest BCUT2D eigenvalue weighted by atomic mass is 16.5. The predicted molar refractivity (Wildman–Crippen MR) is 90.4 cm³/mol. The highest BCUT2D eigenvalue weighted by Crippen LogP contribution is 2.17. The van der Waals surface area contributed by atoms with E-state index in [-0.39, 0.29) is 18.6 Å². The molecule has 0 aromatic heterocycles. The Morgan fingerprint density at radius 3 is 2.43 bits per heavy atom. The minimum Gasteiger partial charge on any atom is -0.452 e. The van der Waals surface area contributed by atoms with Gasteiger partial charge in [-0.25, -0.2) is 4.79 Å². The van der Waals surface area contributed by atoms with Crippen molar-refractivity contribution in [2.75, 3.05) is 6.61 Å². The fraction of sp³-hybridized carbons (Fsp3) is 0.579. The van der Waals surface area contributed by atoms with Crippen molar-refractivity contribution in [3.8, 4) is 0 Å². The van der Waals surface area contributed by atoms with Crippen LogP contribution in [0.3, 0.4) is 0 Å². The van der Waals surface area contributed by atoms with Gasteiger partial charge in [-0.2, -0.15) is 0 Å². The Kier molecular flexibility index (Phi) is 6.63. The van der Waals surface area contributed by atoms with E-state index in [1.54, 1.807) is 6.07 Å². The molecule has 4 nitrogen and oxygen atoms in total. The maximum absolute atomic E-state index is 12.1. The standard InChI is InChI=1S/C19H27NO3/c1-14-9-8-12-17(15(14)2)19(22)23-13-18(21)20-16-10-6-4-3-5-7-11-16/h8-9,12,16H,3-7,10-11,13H2,1-2H3,(H,20,21). The predicted octanol–water partition coefficient (Wildman–Crippen LogP) is 3.69. The van der Waals surface area contributed by atoms with Crippen molar-refractivity contribution in [1.82, 2.24) is 5.32 Å². The maximum atomic E-state index is 12.1. The first-order chi connectivity index (χ1) is 11.1. The fourth-order valence-electron chi connectivity index (χ4n) is 3.05. The van der Waals surface area contributed by atoms with Crippen LogP contribution < -0.4 is 5.32 Å². The van der Waals surface area contributed by atoms with Crippen LogP contribution in [0.2, 0.25) is 0 Å². The molecule has 1 saturated carbocycles. The van der Waals surface area contributed by atoms with E-state index in [0.29, 0.717) is 5.56 Å². The molecule has 1 amide bonds. The SMILES string of the molecule is Cc1cccc(C(=O)OCC(=O)NC2CCCCCCC2)c1C. The molecule has 0 atom stereocenters. The number of nitrogens with one attached hydrogen (secondary N) is 1. The van der Waals surface area contributed by atoms with Crippen LogP contribution in [0, 0.1) is 13.8 Å². The molecule has 2 rings (SSSR count). The second-order valence-electron chi connectivity index (χ2n) is 6.43. The number of esters is 1. The summed E-state index contributed by atoms with van der Waals surface area (Å²) in [6, 6.07) is 5.74. The van der Waals surface area contributed by atoms with Gasteiger partial charge in [0.05, 0.1) is 5.56 Å². The summed E-state index contributed by atoms with van der Waals surface area (Å²) < 4.78 is 5.17. The molecule has 0 radical (unpaired) electrons. The lowest BCUT2D eigenvalue weighted by molar-refractivity contribution is -0.125. The van der Waals surface area contributed by atoms with Gasteiger partial charge >= 0.3 is 5.97 Å². The number of rotatable bonds is 4. The van der Waals surface area contributed by atoms with Crippen molar-refractivity contribution < 1.29 is 14.3 Å². The molecule has 0 heterocycles. The van der Waals surface area contributed by atoms with Crippen molar-refractivity contribution in [1.29, 1.82) is 0 Å². The molecule has 1 fully saturated rings. The quantitative estimate of drug-likeness (QED) is 0.862. The second kappa shape index (κ2) is 8.70. The summed E-state index contributed by atoms with van der Waals surface area (Å²) >= 11 is 0. The van der Waals surface area contributed by atoms with Crippen LogP contribution in [-0.2, 0) is 9.53 Å². The first-order valence-electron chi connectivity index (χ1n) is 8.60. The molecule has 1 aromatic carbocycles. The number of aryl methyl sites for hydroxylation is 1. The summed E-state index contributed by atoms with van der Waals surface area (Å²) in [7, 11) is 0. The molecule has 126 valence electrons. The first-order valence-corrected chi connectivity index (χ1v) is 8.60. The average Bonchev–Trinajstić information content (AvgIpc) is 2.50. The Hall–Kier alpha value is -1.84. The third kappa shape index (κ3) is 5.38. The second-order valence-corrected chi connectivity index (χ2v) is 6.43. The molecule has 0 saturated heterocycles. The van der Waals surface area contributed by atoms with Crippen LogP contribution >= 0.6 is 0 Å². The molecule has 1 N–H and O–H groups in total. The summed E-state index contributed by atoms with van der Waals surface area (Å²) in [4.78, 5) is 24.1. The van der Waals surface area contributed by atoms with Gasteiger partial charge in [0.1, 0.15) is 0 Å². The van der Waals surface area contributed by atoms with E-state index in [1.807, 2.05) is 26.0 Å². The van der Waals surface area contributed by atoms with Gasteiger partial charge in [-0.15, -0.1) is 0 Å². The van der Waals surface area contributed by atoms with Crippen LogP contribution in [0.5, 0.6) is 0 Å². The molecule has 0 unspecified atom stereocenters. The Morgan fingerprint density at radius 2 is 1.74 bits per heavy atom. The number of hydrogen-bond donors (Lipinski definition) is 1. The van der Waals surface area contributed by atoms with Crippen molar-refractivity contribution in [3.05, 3.63) is 34.9 Å². The van der Waals surface area contributed by atoms with Crippen molar-refractivity contribution in [2.24, 2.45) is 0 Å². The Morgan fingerprint density at radius 1 is 1.09 bits per heavy atom. The normalized spacial score (nSPS) is 16.3. The Balaban J connectivity index is 1.81. The number of benzene rings is 1. The number of amides is 1. The van der Waals surface area contributed by atoms with Gasteiger partial charge in [-0.1, -0.05) is 44.2 Å². The molecule has 4 heteroatoms. The van der Waals surface area contributed by atoms with Crippen LogP contribution in [0.4, 0.5) is 0 Å². The molecular formula is C19H27NO3. The lowest BCUT2D eigenvalue weighted by atomic mass is 9.97. The van der Waals surface area contributed by atoms with Gasteiger partial charge in [0.25, 0.3) is 5.91 Å². The summed E-state index contributed by atoms with van der Waals surface area (Å²) in [5.41, 5.74) is 2.47. The monoisotopic (exact) mass is 317 g/mol. The molecule has 0 spiro atoms. The van der Waals surface area contributed by atoms with E-state index in [0.717, 1.165) is 36.8 Å².